The van der Waals surface area contributed by atoms with Gasteiger partial charge in [-0.1, -0.05) is 12.1 Å². The molecule has 3 heteroatoms. The Balaban J connectivity index is 2.14. The summed E-state index contributed by atoms with van der Waals surface area (Å²) in [4.78, 5) is 2.07. The molecule has 1 aliphatic rings. The summed E-state index contributed by atoms with van der Waals surface area (Å²) in [6.07, 6.45) is 1.97. The van der Waals surface area contributed by atoms with Crippen molar-refractivity contribution in [2.24, 2.45) is 0 Å². The van der Waals surface area contributed by atoms with Crippen molar-refractivity contribution in [2.45, 2.75) is 31.9 Å². The number of benzene rings is 1. The lowest BCUT2D eigenvalue weighted by atomic mass is 10.0. The smallest absolute Gasteiger partial charge is 0.138 e. The highest BCUT2D eigenvalue weighted by atomic mass is 19.1. The first-order chi connectivity index (χ1) is 7.58. The monoisotopic (exact) mass is 223 g/mol. The molecule has 1 N–H and O–H groups in total. The van der Waals surface area contributed by atoms with Gasteiger partial charge in [-0.3, -0.25) is 0 Å². The molecular formula is C13H18FNO. The Labute approximate surface area is 95.7 Å². The van der Waals surface area contributed by atoms with Gasteiger partial charge in [-0.15, -0.1) is 0 Å². The molecule has 0 spiro atoms. The van der Waals surface area contributed by atoms with Gasteiger partial charge in [0.2, 0.25) is 0 Å². The zero-order valence-electron chi connectivity index (χ0n) is 9.62. The highest BCUT2D eigenvalue weighted by molar-refractivity contribution is 5.57. The normalized spacial score (nSPS) is 26.5. The highest BCUT2D eigenvalue weighted by Gasteiger charge is 2.27. The molecule has 0 aliphatic carbocycles. The van der Waals surface area contributed by atoms with Crippen LogP contribution in [0.3, 0.4) is 0 Å². The van der Waals surface area contributed by atoms with E-state index in [1.807, 2.05) is 12.1 Å². The second-order valence-corrected chi connectivity index (χ2v) is 4.74. The summed E-state index contributed by atoms with van der Waals surface area (Å²) >= 11 is 0. The molecule has 0 amide bonds. The van der Waals surface area contributed by atoms with Crippen LogP contribution in [0, 0.1) is 0 Å². The number of rotatable bonds is 1. The molecule has 0 aromatic heterocycles. The van der Waals surface area contributed by atoms with E-state index in [4.69, 9.17) is 0 Å². The summed E-state index contributed by atoms with van der Waals surface area (Å²) in [6, 6.07) is 7.26. The highest BCUT2D eigenvalue weighted by Crippen LogP contribution is 2.32. The van der Waals surface area contributed by atoms with Gasteiger partial charge >= 0.3 is 0 Å². The molecule has 1 aromatic carbocycles. The van der Waals surface area contributed by atoms with E-state index >= 15 is 0 Å². The van der Waals surface area contributed by atoms with Gasteiger partial charge in [-0.2, -0.15) is 0 Å². The second-order valence-electron chi connectivity index (χ2n) is 4.74. The van der Waals surface area contributed by atoms with Crippen molar-refractivity contribution >= 4 is 5.69 Å². The summed E-state index contributed by atoms with van der Waals surface area (Å²) in [6.45, 7) is 3.16. The van der Waals surface area contributed by atoms with Crippen LogP contribution in [0.15, 0.2) is 24.3 Å². The minimum Gasteiger partial charge on any atom is -0.506 e. The van der Waals surface area contributed by atoms with Crippen LogP contribution in [0.25, 0.3) is 0 Å². The van der Waals surface area contributed by atoms with Crippen LogP contribution < -0.4 is 4.90 Å². The molecule has 1 saturated heterocycles. The van der Waals surface area contributed by atoms with Crippen molar-refractivity contribution in [3.8, 4) is 5.75 Å². The van der Waals surface area contributed by atoms with E-state index in [0.29, 0.717) is 19.4 Å². The lowest BCUT2D eigenvalue weighted by Gasteiger charge is -2.24. The van der Waals surface area contributed by atoms with Crippen molar-refractivity contribution in [1.29, 1.82) is 0 Å². The quantitative estimate of drug-likeness (QED) is 0.790. The molecule has 1 atom stereocenters. The molecule has 2 rings (SSSR count). The number of hydrogen-bond acceptors (Lipinski definition) is 2. The van der Waals surface area contributed by atoms with Gasteiger partial charge in [0.05, 0.1) is 5.69 Å². The third-order valence-corrected chi connectivity index (χ3v) is 3.25. The second kappa shape index (κ2) is 4.32. The first-order valence-corrected chi connectivity index (χ1v) is 5.80. The van der Waals surface area contributed by atoms with Crippen LogP contribution >= 0.6 is 0 Å². The lowest BCUT2D eigenvalue weighted by molar-refractivity contribution is 0.170. The maximum atomic E-state index is 13.8. The third kappa shape index (κ3) is 2.46. The number of nitrogens with zero attached hydrogens (tertiary/aromatic N) is 1. The maximum Gasteiger partial charge on any atom is 0.138 e. The number of phenols is 1. The average Bonchev–Trinajstić information content (AvgIpc) is 2.40. The lowest BCUT2D eigenvalue weighted by Crippen LogP contribution is -2.26. The largest absolute Gasteiger partial charge is 0.506 e. The number of alkyl halides is 1. The SMILES string of the molecule is CC1(F)CCCN(c2ccccc2O)CC1. The van der Waals surface area contributed by atoms with Crippen LogP contribution in [0.2, 0.25) is 0 Å². The van der Waals surface area contributed by atoms with Gasteiger partial charge < -0.3 is 10.0 Å². The first kappa shape index (κ1) is 11.2. The number of para-hydroxylation sites is 2. The molecule has 0 bridgehead atoms. The van der Waals surface area contributed by atoms with Gasteiger partial charge in [0.1, 0.15) is 11.4 Å². The number of aromatic hydroxyl groups is 1. The molecular weight excluding hydrogens is 205 g/mol. The van der Waals surface area contributed by atoms with Gasteiger partial charge in [0.15, 0.2) is 0 Å². The Kier molecular flexibility index (Phi) is 3.03. The van der Waals surface area contributed by atoms with E-state index in [1.165, 1.54) is 0 Å². The van der Waals surface area contributed by atoms with E-state index in [-0.39, 0.29) is 5.75 Å². The van der Waals surface area contributed by atoms with Gasteiger partial charge in [-0.05, 0) is 38.3 Å². The summed E-state index contributed by atoms with van der Waals surface area (Å²) < 4.78 is 13.8. The Morgan fingerprint density at radius 1 is 1.25 bits per heavy atom. The molecule has 2 nitrogen and oxygen atoms in total. The van der Waals surface area contributed by atoms with E-state index in [0.717, 1.165) is 18.7 Å². The van der Waals surface area contributed by atoms with Crippen molar-refractivity contribution in [2.75, 3.05) is 18.0 Å². The van der Waals surface area contributed by atoms with Crippen molar-refractivity contribution < 1.29 is 9.50 Å². The fourth-order valence-corrected chi connectivity index (χ4v) is 2.22. The van der Waals surface area contributed by atoms with Gasteiger partial charge in [-0.25, -0.2) is 4.39 Å². The number of phenolic OH excluding ortho intramolecular Hbond substituents is 1. The minimum atomic E-state index is -1.06. The van der Waals surface area contributed by atoms with E-state index in [9.17, 15) is 9.50 Å². The first-order valence-electron chi connectivity index (χ1n) is 5.80. The van der Waals surface area contributed by atoms with E-state index in [2.05, 4.69) is 4.90 Å². The molecule has 88 valence electrons. The fourth-order valence-electron chi connectivity index (χ4n) is 2.22. The van der Waals surface area contributed by atoms with Gasteiger partial charge in [0.25, 0.3) is 0 Å². The third-order valence-electron chi connectivity index (χ3n) is 3.25. The Morgan fingerprint density at radius 3 is 2.75 bits per heavy atom. The van der Waals surface area contributed by atoms with E-state index in [1.54, 1.807) is 19.1 Å². The fraction of sp³-hybridized carbons (Fsp3) is 0.538. The van der Waals surface area contributed by atoms with Crippen LogP contribution in [-0.2, 0) is 0 Å². The predicted molar refractivity (Wildman–Crippen MR) is 63.7 cm³/mol. The Hall–Kier alpha value is -1.25. The molecule has 0 radical (unpaired) electrons. The summed E-state index contributed by atoms with van der Waals surface area (Å²) in [7, 11) is 0. The molecule has 16 heavy (non-hydrogen) atoms. The Morgan fingerprint density at radius 2 is 2.00 bits per heavy atom. The van der Waals surface area contributed by atoms with Crippen LogP contribution in [-0.4, -0.2) is 23.9 Å². The molecule has 1 unspecified atom stereocenters. The standard InChI is InChI=1S/C13H18FNO/c1-13(14)7-4-9-15(10-8-13)11-5-2-3-6-12(11)16/h2-3,5-6,16H,4,7-10H2,1H3. The number of hydrogen-bond donors (Lipinski definition) is 1. The van der Waals surface area contributed by atoms with E-state index < -0.39 is 5.67 Å². The van der Waals surface area contributed by atoms with Crippen LogP contribution in [0.1, 0.15) is 26.2 Å². The zero-order valence-corrected chi connectivity index (χ0v) is 9.62. The maximum absolute atomic E-state index is 13.8. The molecule has 0 saturated carbocycles. The summed E-state index contributed by atoms with van der Waals surface area (Å²) in [5.74, 6) is 0.282. The van der Waals surface area contributed by atoms with Crippen LogP contribution in [0.4, 0.5) is 10.1 Å². The summed E-state index contributed by atoms with van der Waals surface area (Å²) in [5, 5.41) is 9.75. The number of anilines is 1. The molecule has 1 aromatic rings. The topological polar surface area (TPSA) is 23.5 Å². The zero-order chi connectivity index (χ0) is 11.6. The predicted octanol–water partition coefficient (Wildman–Crippen LogP) is 3.11. The summed E-state index contributed by atoms with van der Waals surface area (Å²) in [5.41, 5.74) is -0.237. The molecule has 1 aliphatic heterocycles. The van der Waals surface area contributed by atoms with Crippen molar-refractivity contribution in [3.05, 3.63) is 24.3 Å². The van der Waals surface area contributed by atoms with Crippen molar-refractivity contribution in [1.82, 2.24) is 0 Å². The van der Waals surface area contributed by atoms with Gasteiger partial charge in [0, 0.05) is 13.1 Å². The number of halogens is 1. The molecule has 1 fully saturated rings. The minimum absolute atomic E-state index is 0.282. The Bertz CT molecular complexity index is 365. The van der Waals surface area contributed by atoms with Crippen LogP contribution in [0.5, 0.6) is 5.75 Å². The average molecular weight is 223 g/mol. The molecule has 1 heterocycles. The van der Waals surface area contributed by atoms with Crippen molar-refractivity contribution in [3.63, 3.8) is 0 Å².